The van der Waals surface area contributed by atoms with E-state index in [0.29, 0.717) is 0 Å². The highest BCUT2D eigenvalue weighted by Gasteiger charge is 2.30. The molecule has 0 fully saturated rings. The molecule has 0 bridgehead atoms. The molecule has 3 N–H and O–H groups in total. The minimum atomic E-state index is -0.169. The van der Waals surface area contributed by atoms with Gasteiger partial charge in [0, 0.05) is 25.0 Å². The van der Waals surface area contributed by atoms with Gasteiger partial charge >= 0.3 is 6.03 Å². The average Bonchev–Trinajstić information content (AvgIpc) is 3.13. The second-order valence-electron chi connectivity index (χ2n) is 7.65. The van der Waals surface area contributed by atoms with Crippen LogP contribution in [0.15, 0.2) is 30.4 Å². The third kappa shape index (κ3) is 4.15. The molecule has 0 saturated heterocycles. The molecule has 1 aromatic rings. The fraction of sp³-hybridized carbons (Fsp3) is 0.550. The molecule has 1 aromatic carbocycles. The van der Waals surface area contributed by atoms with E-state index in [1.807, 2.05) is 24.3 Å². The molecule has 3 atom stereocenters. The Bertz CT molecular complexity index is 669. The van der Waals surface area contributed by atoms with Gasteiger partial charge in [0.25, 0.3) is 0 Å². The zero-order valence-electron chi connectivity index (χ0n) is 15.2. The number of hydrogen-bond donors (Lipinski definition) is 3. The molecule has 3 rings (SSSR count). The number of urea groups is 1. The molecule has 5 heteroatoms. The monoisotopic (exact) mass is 344 g/mol. The molecule has 0 aromatic heterocycles. The SMILES string of the molecule is CCC(NC(=O)N[C@@H]1C=C[C@H](CO)C1)c1ccc2c(c1)CC(C)(C)O2. The Morgan fingerprint density at radius 1 is 1.40 bits per heavy atom. The Labute approximate surface area is 149 Å². The van der Waals surface area contributed by atoms with Gasteiger partial charge in [-0.15, -0.1) is 0 Å². The zero-order valence-corrected chi connectivity index (χ0v) is 15.2. The summed E-state index contributed by atoms with van der Waals surface area (Å²) in [6, 6.07) is 5.98. The summed E-state index contributed by atoms with van der Waals surface area (Å²) in [4.78, 5) is 12.3. The van der Waals surface area contributed by atoms with Crippen LogP contribution in [0.3, 0.4) is 0 Å². The standard InChI is InChI=1S/C20H28N2O3/c1-4-17(22-19(24)21-16-7-5-13(9-16)12-23)14-6-8-18-15(10-14)11-20(2,3)25-18/h5-8,10,13,16-17,23H,4,9,11-12H2,1-3H3,(H2,21,22,24)/t13-,16+,17?/m0/s1. The number of fused-ring (bicyclic) bond motifs is 1. The van der Waals surface area contributed by atoms with Crippen LogP contribution in [-0.2, 0) is 6.42 Å². The number of rotatable bonds is 5. The van der Waals surface area contributed by atoms with Gasteiger partial charge in [0.15, 0.2) is 0 Å². The summed E-state index contributed by atoms with van der Waals surface area (Å²) in [7, 11) is 0. The smallest absolute Gasteiger partial charge is 0.315 e. The lowest BCUT2D eigenvalue weighted by atomic mass is 9.97. The Hall–Kier alpha value is -2.01. The van der Waals surface area contributed by atoms with E-state index in [2.05, 4.69) is 37.5 Å². The lowest BCUT2D eigenvalue weighted by Crippen LogP contribution is -2.42. The Morgan fingerprint density at radius 2 is 2.20 bits per heavy atom. The minimum absolute atomic E-state index is 0.0103. The van der Waals surface area contributed by atoms with Crippen LogP contribution in [0, 0.1) is 5.92 Å². The van der Waals surface area contributed by atoms with Gasteiger partial charge in [-0.2, -0.15) is 0 Å². The number of benzene rings is 1. The van der Waals surface area contributed by atoms with E-state index >= 15 is 0 Å². The van der Waals surface area contributed by atoms with E-state index in [1.165, 1.54) is 5.56 Å². The third-order valence-electron chi connectivity index (χ3n) is 4.93. The summed E-state index contributed by atoms with van der Waals surface area (Å²) in [5.41, 5.74) is 2.14. The predicted molar refractivity (Wildman–Crippen MR) is 97.7 cm³/mol. The van der Waals surface area contributed by atoms with Crippen molar-refractivity contribution in [1.82, 2.24) is 10.6 Å². The van der Waals surface area contributed by atoms with E-state index < -0.39 is 0 Å². The summed E-state index contributed by atoms with van der Waals surface area (Å²) in [6.07, 6.45) is 6.37. The first-order valence-corrected chi connectivity index (χ1v) is 9.08. The lowest BCUT2D eigenvalue weighted by Gasteiger charge is -2.20. The van der Waals surface area contributed by atoms with Crippen LogP contribution in [0.1, 0.15) is 50.8 Å². The van der Waals surface area contributed by atoms with E-state index in [4.69, 9.17) is 4.74 Å². The van der Waals surface area contributed by atoms with E-state index in [1.54, 1.807) is 0 Å². The van der Waals surface area contributed by atoms with Crippen LogP contribution in [0.2, 0.25) is 0 Å². The third-order valence-corrected chi connectivity index (χ3v) is 4.93. The molecule has 5 nitrogen and oxygen atoms in total. The molecule has 2 aliphatic rings. The molecule has 136 valence electrons. The first-order valence-electron chi connectivity index (χ1n) is 9.08. The number of hydrogen-bond acceptors (Lipinski definition) is 3. The summed E-state index contributed by atoms with van der Waals surface area (Å²) >= 11 is 0. The quantitative estimate of drug-likeness (QED) is 0.719. The van der Waals surface area contributed by atoms with E-state index in [9.17, 15) is 9.90 Å². The number of aliphatic hydroxyl groups is 1. The molecule has 1 aliphatic heterocycles. The second kappa shape index (κ2) is 7.08. The van der Waals surface area contributed by atoms with Crippen molar-refractivity contribution in [2.45, 2.75) is 57.7 Å². The number of aliphatic hydroxyl groups excluding tert-OH is 1. The highest BCUT2D eigenvalue weighted by molar-refractivity contribution is 5.75. The summed E-state index contributed by atoms with van der Waals surface area (Å²) in [5.74, 6) is 1.09. The van der Waals surface area contributed by atoms with Crippen molar-refractivity contribution in [3.63, 3.8) is 0 Å². The number of nitrogens with one attached hydrogen (secondary N) is 2. The fourth-order valence-electron chi connectivity index (χ4n) is 3.65. The molecule has 0 radical (unpaired) electrons. The largest absolute Gasteiger partial charge is 0.487 e. The molecule has 1 unspecified atom stereocenters. The number of ether oxygens (including phenoxy) is 1. The topological polar surface area (TPSA) is 70.6 Å². The van der Waals surface area contributed by atoms with Gasteiger partial charge in [0.1, 0.15) is 11.4 Å². The molecule has 1 aliphatic carbocycles. The van der Waals surface area contributed by atoms with Crippen molar-refractivity contribution in [2.24, 2.45) is 5.92 Å². The summed E-state index contributed by atoms with van der Waals surface area (Å²) < 4.78 is 5.93. The summed E-state index contributed by atoms with van der Waals surface area (Å²) in [5, 5.41) is 15.2. The van der Waals surface area contributed by atoms with Crippen molar-refractivity contribution in [2.75, 3.05) is 6.61 Å². The van der Waals surface area contributed by atoms with Crippen LogP contribution < -0.4 is 15.4 Å². The molecule has 2 amide bonds. The average molecular weight is 344 g/mol. The maximum Gasteiger partial charge on any atom is 0.315 e. The van der Waals surface area contributed by atoms with Gasteiger partial charge in [0.2, 0.25) is 0 Å². The minimum Gasteiger partial charge on any atom is -0.487 e. The summed E-state index contributed by atoms with van der Waals surface area (Å²) in [6.45, 7) is 6.37. The van der Waals surface area contributed by atoms with Gasteiger partial charge in [-0.3, -0.25) is 0 Å². The van der Waals surface area contributed by atoms with Crippen LogP contribution in [-0.4, -0.2) is 29.4 Å². The second-order valence-corrected chi connectivity index (χ2v) is 7.65. The Kier molecular flexibility index (Phi) is 5.04. The Morgan fingerprint density at radius 3 is 2.88 bits per heavy atom. The van der Waals surface area contributed by atoms with Gasteiger partial charge in [-0.1, -0.05) is 25.1 Å². The molecule has 0 saturated carbocycles. The van der Waals surface area contributed by atoms with E-state index in [-0.39, 0.29) is 36.2 Å². The van der Waals surface area contributed by atoms with Gasteiger partial charge in [-0.05, 0) is 49.9 Å². The first-order chi connectivity index (χ1) is 11.9. The van der Waals surface area contributed by atoms with E-state index in [0.717, 1.165) is 30.6 Å². The van der Waals surface area contributed by atoms with Crippen LogP contribution in [0.4, 0.5) is 4.79 Å². The molecular weight excluding hydrogens is 316 g/mol. The van der Waals surface area contributed by atoms with Crippen molar-refractivity contribution >= 4 is 6.03 Å². The maximum absolute atomic E-state index is 12.3. The molecule has 1 heterocycles. The van der Waals surface area contributed by atoms with Crippen LogP contribution in [0.5, 0.6) is 5.75 Å². The number of carbonyl (C=O) groups is 1. The molecule has 25 heavy (non-hydrogen) atoms. The number of amides is 2. The highest BCUT2D eigenvalue weighted by Crippen LogP contribution is 2.36. The van der Waals surface area contributed by atoms with Gasteiger partial charge in [-0.25, -0.2) is 4.79 Å². The fourth-order valence-corrected chi connectivity index (χ4v) is 3.65. The molecular formula is C20H28N2O3. The van der Waals surface area contributed by atoms with Crippen LogP contribution in [0.25, 0.3) is 0 Å². The van der Waals surface area contributed by atoms with Crippen molar-refractivity contribution in [1.29, 1.82) is 0 Å². The normalized spacial score (nSPS) is 24.5. The first kappa shape index (κ1) is 17.8. The van der Waals surface area contributed by atoms with Crippen molar-refractivity contribution in [3.8, 4) is 5.75 Å². The zero-order chi connectivity index (χ0) is 18.0. The van der Waals surface area contributed by atoms with Gasteiger partial charge in [0.05, 0.1) is 6.04 Å². The number of carbonyl (C=O) groups excluding carboxylic acids is 1. The maximum atomic E-state index is 12.3. The van der Waals surface area contributed by atoms with Crippen LogP contribution >= 0.6 is 0 Å². The lowest BCUT2D eigenvalue weighted by molar-refractivity contribution is 0.138. The molecule has 0 spiro atoms. The van der Waals surface area contributed by atoms with Crippen molar-refractivity contribution < 1.29 is 14.6 Å². The van der Waals surface area contributed by atoms with Gasteiger partial charge < -0.3 is 20.5 Å². The van der Waals surface area contributed by atoms with Crippen molar-refractivity contribution in [3.05, 3.63) is 41.5 Å². The Balaban J connectivity index is 1.62. The highest BCUT2D eigenvalue weighted by atomic mass is 16.5. The predicted octanol–water partition coefficient (Wildman–Crippen LogP) is 3.09.